The van der Waals surface area contributed by atoms with Gasteiger partial charge in [0.1, 0.15) is 11.7 Å². The summed E-state index contributed by atoms with van der Waals surface area (Å²) in [5.74, 6) is -0.960. The van der Waals surface area contributed by atoms with E-state index < -0.39 is 17.8 Å². The minimum atomic E-state index is -1.07. The lowest BCUT2D eigenvalue weighted by Crippen LogP contribution is -2.30. The van der Waals surface area contributed by atoms with Crippen LogP contribution in [0.3, 0.4) is 0 Å². The summed E-state index contributed by atoms with van der Waals surface area (Å²) in [6.45, 7) is 0.247. The van der Waals surface area contributed by atoms with E-state index in [0.717, 1.165) is 16.7 Å². The number of nitrogen functional groups attached to an aromatic ring is 1. The van der Waals surface area contributed by atoms with Gasteiger partial charge in [-0.2, -0.15) is 0 Å². The summed E-state index contributed by atoms with van der Waals surface area (Å²) < 4.78 is 19.8. The molecule has 7 heteroatoms. The SMILES string of the molecule is CO[C@H](C(=O)NCc1ccc(C(=N)N)cc1)c1cc(-c2ccccc2)ccc1F.Cl. The zero-order chi connectivity index (χ0) is 20.8. The predicted octanol–water partition coefficient (Wildman–Crippen LogP) is 4.20. The van der Waals surface area contributed by atoms with E-state index in [9.17, 15) is 9.18 Å². The second kappa shape index (κ2) is 10.5. The second-order valence-electron chi connectivity index (χ2n) is 6.55. The van der Waals surface area contributed by atoms with E-state index in [2.05, 4.69) is 5.32 Å². The lowest BCUT2D eigenvalue weighted by molar-refractivity contribution is -0.131. The summed E-state index contributed by atoms with van der Waals surface area (Å²) in [5, 5.41) is 10.2. The number of ether oxygens (including phenoxy) is 1. The fourth-order valence-corrected chi connectivity index (χ4v) is 3.01. The molecular weight excluding hydrogens is 405 g/mol. The van der Waals surface area contributed by atoms with Gasteiger partial charge < -0.3 is 15.8 Å². The van der Waals surface area contributed by atoms with Crippen molar-refractivity contribution in [1.82, 2.24) is 5.32 Å². The topological polar surface area (TPSA) is 88.2 Å². The van der Waals surface area contributed by atoms with Gasteiger partial charge in [0.2, 0.25) is 0 Å². The van der Waals surface area contributed by atoms with Gasteiger partial charge in [0.05, 0.1) is 0 Å². The molecule has 5 nitrogen and oxygen atoms in total. The van der Waals surface area contributed by atoms with Gasteiger partial charge in [0.15, 0.2) is 6.10 Å². The Bertz CT molecular complexity index is 1010. The number of carbonyl (C=O) groups is 1. The van der Waals surface area contributed by atoms with Gasteiger partial charge in [-0.1, -0.05) is 60.7 Å². The number of hydrogen-bond acceptors (Lipinski definition) is 3. The van der Waals surface area contributed by atoms with Crippen molar-refractivity contribution in [3.63, 3.8) is 0 Å². The van der Waals surface area contributed by atoms with Crippen LogP contribution in [0.4, 0.5) is 4.39 Å². The molecule has 3 rings (SSSR count). The van der Waals surface area contributed by atoms with Crippen molar-refractivity contribution in [3.8, 4) is 11.1 Å². The van der Waals surface area contributed by atoms with Gasteiger partial charge in [0.25, 0.3) is 5.91 Å². The summed E-state index contributed by atoms with van der Waals surface area (Å²) in [6.07, 6.45) is -1.07. The van der Waals surface area contributed by atoms with Crippen molar-refractivity contribution in [3.05, 3.63) is 95.3 Å². The van der Waals surface area contributed by atoms with Crippen molar-refractivity contribution in [1.29, 1.82) is 5.41 Å². The number of carbonyl (C=O) groups excluding carboxylic acids is 1. The number of amidine groups is 1. The molecule has 156 valence electrons. The zero-order valence-corrected chi connectivity index (χ0v) is 17.2. The Morgan fingerprint density at radius 3 is 2.33 bits per heavy atom. The molecule has 0 fully saturated rings. The third kappa shape index (κ3) is 5.43. The zero-order valence-electron chi connectivity index (χ0n) is 16.4. The maximum atomic E-state index is 14.5. The van der Waals surface area contributed by atoms with E-state index in [-0.39, 0.29) is 30.4 Å². The second-order valence-corrected chi connectivity index (χ2v) is 6.55. The first-order valence-electron chi connectivity index (χ1n) is 9.08. The molecule has 0 aliphatic rings. The molecular formula is C23H23ClFN3O2. The lowest BCUT2D eigenvalue weighted by atomic mass is 9.99. The molecule has 0 saturated heterocycles. The Balaban J connectivity index is 0.00000320. The van der Waals surface area contributed by atoms with Gasteiger partial charge in [-0.3, -0.25) is 10.2 Å². The lowest BCUT2D eigenvalue weighted by Gasteiger charge is -2.17. The van der Waals surface area contributed by atoms with Crippen molar-refractivity contribution in [2.45, 2.75) is 12.6 Å². The average molecular weight is 428 g/mol. The highest BCUT2D eigenvalue weighted by molar-refractivity contribution is 5.94. The molecule has 0 radical (unpaired) electrons. The van der Waals surface area contributed by atoms with Crippen molar-refractivity contribution in [2.75, 3.05) is 7.11 Å². The number of rotatable bonds is 7. The van der Waals surface area contributed by atoms with Crippen LogP contribution in [-0.2, 0) is 16.1 Å². The Morgan fingerprint density at radius 2 is 1.73 bits per heavy atom. The van der Waals surface area contributed by atoms with Crippen LogP contribution in [-0.4, -0.2) is 18.9 Å². The van der Waals surface area contributed by atoms with Crippen LogP contribution in [0.25, 0.3) is 11.1 Å². The first-order chi connectivity index (χ1) is 14.0. The number of halogens is 2. The van der Waals surface area contributed by atoms with E-state index >= 15 is 0 Å². The van der Waals surface area contributed by atoms with Crippen LogP contribution >= 0.6 is 12.4 Å². The summed E-state index contributed by atoms with van der Waals surface area (Å²) in [4.78, 5) is 12.7. The molecule has 1 amide bonds. The van der Waals surface area contributed by atoms with Crippen molar-refractivity contribution < 1.29 is 13.9 Å². The average Bonchev–Trinajstić information content (AvgIpc) is 2.75. The summed E-state index contributed by atoms with van der Waals surface area (Å²) in [5.41, 5.74) is 8.78. The molecule has 0 bridgehead atoms. The highest BCUT2D eigenvalue weighted by Gasteiger charge is 2.24. The summed E-state index contributed by atoms with van der Waals surface area (Å²) in [7, 11) is 1.38. The maximum absolute atomic E-state index is 14.5. The van der Waals surface area contributed by atoms with Gasteiger partial charge in [-0.05, 0) is 28.8 Å². The molecule has 0 spiro atoms. The van der Waals surface area contributed by atoms with Crippen LogP contribution in [0.1, 0.15) is 22.8 Å². The van der Waals surface area contributed by atoms with Crippen molar-refractivity contribution in [2.24, 2.45) is 5.73 Å². The van der Waals surface area contributed by atoms with Crippen molar-refractivity contribution >= 4 is 24.1 Å². The molecule has 4 N–H and O–H groups in total. The monoisotopic (exact) mass is 427 g/mol. The Morgan fingerprint density at radius 1 is 1.07 bits per heavy atom. The van der Waals surface area contributed by atoms with E-state index in [1.54, 1.807) is 36.4 Å². The Hall–Kier alpha value is -3.22. The van der Waals surface area contributed by atoms with Crippen LogP contribution in [0.5, 0.6) is 0 Å². The van der Waals surface area contributed by atoms with Crippen LogP contribution in [0, 0.1) is 11.2 Å². The highest BCUT2D eigenvalue weighted by atomic mass is 35.5. The smallest absolute Gasteiger partial charge is 0.254 e. The Kier molecular flexibility index (Phi) is 8.09. The fourth-order valence-electron chi connectivity index (χ4n) is 3.01. The molecule has 0 aliphatic carbocycles. The molecule has 0 aromatic heterocycles. The summed E-state index contributed by atoms with van der Waals surface area (Å²) in [6, 6.07) is 21.2. The van der Waals surface area contributed by atoms with Crippen LogP contribution < -0.4 is 11.1 Å². The third-order valence-corrected chi connectivity index (χ3v) is 4.59. The third-order valence-electron chi connectivity index (χ3n) is 4.59. The number of amides is 1. The maximum Gasteiger partial charge on any atom is 0.254 e. The minimum Gasteiger partial charge on any atom is -0.384 e. The number of nitrogens with two attached hydrogens (primary N) is 1. The highest BCUT2D eigenvalue weighted by Crippen LogP contribution is 2.27. The molecule has 3 aromatic rings. The molecule has 0 aliphatic heterocycles. The number of hydrogen-bond donors (Lipinski definition) is 3. The van der Waals surface area contributed by atoms with E-state index in [0.29, 0.717) is 5.56 Å². The molecule has 0 heterocycles. The van der Waals surface area contributed by atoms with Crippen LogP contribution in [0.2, 0.25) is 0 Å². The largest absolute Gasteiger partial charge is 0.384 e. The number of nitrogens with one attached hydrogen (secondary N) is 2. The summed E-state index contributed by atoms with van der Waals surface area (Å²) >= 11 is 0. The predicted molar refractivity (Wildman–Crippen MR) is 118 cm³/mol. The van der Waals surface area contributed by atoms with Gasteiger partial charge in [0, 0.05) is 24.8 Å². The van der Waals surface area contributed by atoms with Gasteiger partial charge in [-0.15, -0.1) is 12.4 Å². The van der Waals surface area contributed by atoms with E-state index in [1.807, 2.05) is 30.3 Å². The normalized spacial score (nSPS) is 11.3. The molecule has 0 saturated carbocycles. The Labute approximate surface area is 181 Å². The standard InChI is InChI=1S/C23H22FN3O2.ClH/c1-29-21(23(28)27-14-15-7-9-17(10-8-15)22(25)26)19-13-18(11-12-20(19)24)16-5-3-2-4-6-16;/h2-13,21H,14H2,1H3,(H3,25,26)(H,27,28);1H/t21-;/m0./s1. The van der Waals surface area contributed by atoms with Crippen LogP contribution in [0.15, 0.2) is 72.8 Å². The van der Waals surface area contributed by atoms with E-state index in [1.165, 1.54) is 13.2 Å². The quantitative estimate of drug-likeness (QED) is 0.390. The molecule has 0 unspecified atom stereocenters. The molecule has 3 aromatic carbocycles. The number of benzene rings is 3. The van der Waals surface area contributed by atoms with E-state index in [4.69, 9.17) is 15.9 Å². The first-order valence-corrected chi connectivity index (χ1v) is 9.08. The fraction of sp³-hybridized carbons (Fsp3) is 0.130. The van der Waals surface area contributed by atoms with Gasteiger partial charge in [-0.25, -0.2) is 4.39 Å². The molecule has 30 heavy (non-hydrogen) atoms. The number of methoxy groups -OCH3 is 1. The first kappa shape index (κ1) is 23.1. The minimum absolute atomic E-state index is 0. The molecule has 1 atom stereocenters. The van der Waals surface area contributed by atoms with Gasteiger partial charge >= 0.3 is 0 Å².